The van der Waals surface area contributed by atoms with Crippen LogP contribution in [0.4, 0.5) is 0 Å². The predicted molar refractivity (Wildman–Crippen MR) is 87.5 cm³/mol. The van der Waals surface area contributed by atoms with E-state index in [1.165, 1.54) is 45.1 Å². The number of hydrogen-bond donors (Lipinski definition) is 1. The number of nitrogens with one attached hydrogen (secondary N) is 1. The molecular formula is C19H28N2. The van der Waals surface area contributed by atoms with Gasteiger partial charge in [0.05, 0.1) is 0 Å². The summed E-state index contributed by atoms with van der Waals surface area (Å²) >= 11 is 0. The highest BCUT2D eigenvalue weighted by Crippen LogP contribution is 2.42. The van der Waals surface area contributed by atoms with Gasteiger partial charge in [-0.1, -0.05) is 31.2 Å². The van der Waals surface area contributed by atoms with Gasteiger partial charge in [-0.15, -0.1) is 0 Å². The van der Waals surface area contributed by atoms with Crippen LogP contribution in [0, 0.1) is 0 Å². The zero-order valence-corrected chi connectivity index (χ0v) is 13.2. The third kappa shape index (κ3) is 2.89. The summed E-state index contributed by atoms with van der Waals surface area (Å²) in [5, 5.41) is 3.78. The average molecular weight is 284 g/mol. The first-order valence-corrected chi connectivity index (χ1v) is 8.91. The van der Waals surface area contributed by atoms with Gasteiger partial charge in [0.2, 0.25) is 0 Å². The maximum atomic E-state index is 3.78. The quantitative estimate of drug-likeness (QED) is 0.887. The third-order valence-corrected chi connectivity index (χ3v) is 5.82. The van der Waals surface area contributed by atoms with E-state index < -0.39 is 0 Å². The minimum Gasteiger partial charge on any atom is -0.311 e. The standard InChI is InChI=1S/C19H28N2/c1-2-21(18-11-16-9-10-17(12-18)20-16)13-15-5-3-4-6-19(15)14-7-8-14/h3-6,14,16-18,20H,2,7-13H2,1H3. The van der Waals surface area contributed by atoms with Crippen LogP contribution >= 0.6 is 0 Å². The lowest BCUT2D eigenvalue weighted by molar-refractivity contribution is 0.140. The molecular weight excluding hydrogens is 256 g/mol. The lowest BCUT2D eigenvalue weighted by Gasteiger charge is -2.37. The molecule has 1 N–H and O–H groups in total. The molecule has 114 valence electrons. The maximum absolute atomic E-state index is 3.78. The van der Waals surface area contributed by atoms with Gasteiger partial charge in [0.25, 0.3) is 0 Å². The van der Waals surface area contributed by atoms with E-state index in [9.17, 15) is 0 Å². The molecule has 21 heavy (non-hydrogen) atoms. The zero-order chi connectivity index (χ0) is 14.2. The van der Waals surface area contributed by atoms with Gasteiger partial charge in [-0.3, -0.25) is 4.90 Å². The molecule has 2 nitrogen and oxygen atoms in total. The monoisotopic (exact) mass is 284 g/mol. The molecule has 1 aromatic rings. The molecule has 2 atom stereocenters. The zero-order valence-electron chi connectivity index (χ0n) is 13.2. The summed E-state index contributed by atoms with van der Waals surface area (Å²) in [7, 11) is 0. The second-order valence-corrected chi connectivity index (χ2v) is 7.30. The molecule has 0 radical (unpaired) electrons. The average Bonchev–Trinajstić information content (AvgIpc) is 3.30. The van der Waals surface area contributed by atoms with Crippen LogP contribution in [0.1, 0.15) is 62.5 Å². The Labute approximate surface area is 128 Å². The highest BCUT2D eigenvalue weighted by molar-refractivity contribution is 5.33. The third-order valence-electron chi connectivity index (χ3n) is 5.82. The van der Waals surface area contributed by atoms with Crippen LogP contribution in [0.25, 0.3) is 0 Å². The fourth-order valence-corrected chi connectivity index (χ4v) is 4.51. The van der Waals surface area contributed by atoms with Crippen LogP contribution in [-0.2, 0) is 6.54 Å². The minimum absolute atomic E-state index is 0.793. The van der Waals surface area contributed by atoms with E-state index in [-0.39, 0.29) is 0 Å². The van der Waals surface area contributed by atoms with Gasteiger partial charge in [0.1, 0.15) is 0 Å². The first kappa shape index (κ1) is 13.8. The lowest BCUT2D eigenvalue weighted by Crippen LogP contribution is -2.48. The molecule has 2 saturated heterocycles. The fourth-order valence-electron chi connectivity index (χ4n) is 4.51. The molecule has 0 aromatic heterocycles. The summed E-state index contributed by atoms with van der Waals surface area (Å²) in [6.07, 6.45) is 8.32. The Morgan fingerprint density at radius 3 is 2.43 bits per heavy atom. The molecule has 3 aliphatic rings. The van der Waals surface area contributed by atoms with Gasteiger partial charge in [0, 0.05) is 24.7 Å². The van der Waals surface area contributed by atoms with Crippen molar-refractivity contribution >= 4 is 0 Å². The first-order chi connectivity index (χ1) is 10.3. The summed E-state index contributed by atoms with van der Waals surface area (Å²) in [4.78, 5) is 2.74. The van der Waals surface area contributed by atoms with Crippen LogP contribution < -0.4 is 5.32 Å². The Morgan fingerprint density at radius 2 is 1.76 bits per heavy atom. The second kappa shape index (κ2) is 5.73. The van der Waals surface area contributed by atoms with E-state index in [4.69, 9.17) is 0 Å². The van der Waals surface area contributed by atoms with Crippen LogP contribution in [0.15, 0.2) is 24.3 Å². The summed E-state index contributed by atoms with van der Waals surface area (Å²) in [5.74, 6) is 0.865. The molecule has 2 heterocycles. The van der Waals surface area contributed by atoms with Crippen LogP contribution in [0.3, 0.4) is 0 Å². The number of piperidine rings is 1. The van der Waals surface area contributed by atoms with Crippen molar-refractivity contribution in [2.45, 2.75) is 76.0 Å². The van der Waals surface area contributed by atoms with Crippen molar-refractivity contribution in [3.63, 3.8) is 0 Å². The number of fused-ring (bicyclic) bond motifs is 2. The van der Waals surface area contributed by atoms with Crippen LogP contribution in [0.2, 0.25) is 0 Å². The molecule has 0 amide bonds. The molecule has 2 aliphatic heterocycles. The predicted octanol–water partition coefficient (Wildman–Crippen LogP) is 3.67. The highest BCUT2D eigenvalue weighted by atomic mass is 15.2. The molecule has 0 spiro atoms. The first-order valence-electron chi connectivity index (χ1n) is 8.91. The normalized spacial score (nSPS) is 31.8. The topological polar surface area (TPSA) is 15.3 Å². The molecule has 2 unspecified atom stereocenters. The van der Waals surface area contributed by atoms with Crippen molar-refractivity contribution in [3.05, 3.63) is 35.4 Å². The molecule has 2 heteroatoms. The largest absolute Gasteiger partial charge is 0.311 e. The van der Waals surface area contributed by atoms with Crippen molar-refractivity contribution < 1.29 is 0 Å². The Kier molecular flexibility index (Phi) is 3.76. The summed E-state index contributed by atoms with van der Waals surface area (Å²) in [6.45, 7) is 4.68. The number of rotatable bonds is 5. The Bertz CT molecular complexity index is 482. The van der Waals surface area contributed by atoms with Gasteiger partial charge < -0.3 is 5.32 Å². The SMILES string of the molecule is CCN(Cc1ccccc1C1CC1)C1CC2CCC(C1)N2. The van der Waals surface area contributed by atoms with Gasteiger partial charge in [0.15, 0.2) is 0 Å². The minimum atomic E-state index is 0.793. The highest BCUT2D eigenvalue weighted by Gasteiger charge is 2.36. The van der Waals surface area contributed by atoms with E-state index in [0.29, 0.717) is 0 Å². The van der Waals surface area contributed by atoms with Crippen molar-refractivity contribution in [2.24, 2.45) is 0 Å². The number of nitrogens with zero attached hydrogens (tertiary/aromatic N) is 1. The van der Waals surface area contributed by atoms with Crippen molar-refractivity contribution in [2.75, 3.05) is 6.54 Å². The molecule has 1 aromatic carbocycles. The van der Waals surface area contributed by atoms with E-state index in [1.807, 2.05) is 0 Å². The molecule has 1 saturated carbocycles. The summed E-state index contributed by atoms with van der Waals surface area (Å²) in [6, 6.07) is 11.6. The van der Waals surface area contributed by atoms with Crippen LogP contribution in [-0.4, -0.2) is 29.6 Å². The molecule has 2 bridgehead atoms. The van der Waals surface area contributed by atoms with E-state index in [1.54, 1.807) is 11.1 Å². The van der Waals surface area contributed by atoms with Crippen molar-refractivity contribution in [1.82, 2.24) is 10.2 Å². The smallest absolute Gasteiger partial charge is 0.0239 e. The van der Waals surface area contributed by atoms with E-state index in [2.05, 4.69) is 41.4 Å². The Morgan fingerprint density at radius 1 is 1.05 bits per heavy atom. The van der Waals surface area contributed by atoms with Gasteiger partial charge in [-0.2, -0.15) is 0 Å². The van der Waals surface area contributed by atoms with Gasteiger partial charge >= 0.3 is 0 Å². The number of benzene rings is 1. The fraction of sp³-hybridized carbons (Fsp3) is 0.684. The maximum Gasteiger partial charge on any atom is 0.0239 e. The van der Waals surface area contributed by atoms with Crippen molar-refractivity contribution in [3.8, 4) is 0 Å². The number of hydrogen-bond acceptors (Lipinski definition) is 2. The summed E-state index contributed by atoms with van der Waals surface area (Å²) in [5.41, 5.74) is 3.22. The molecule has 3 fully saturated rings. The second-order valence-electron chi connectivity index (χ2n) is 7.30. The summed E-state index contributed by atoms with van der Waals surface area (Å²) < 4.78 is 0. The van der Waals surface area contributed by atoms with E-state index in [0.717, 1.165) is 30.6 Å². The van der Waals surface area contributed by atoms with Gasteiger partial charge in [-0.05, 0) is 62.1 Å². The van der Waals surface area contributed by atoms with Crippen LogP contribution in [0.5, 0.6) is 0 Å². The Hall–Kier alpha value is -0.860. The van der Waals surface area contributed by atoms with Gasteiger partial charge in [-0.25, -0.2) is 0 Å². The lowest BCUT2D eigenvalue weighted by atomic mass is 9.96. The Balaban J connectivity index is 1.49. The van der Waals surface area contributed by atoms with Crippen molar-refractivity contribution in [1.29, 1.82) is 0 Å². The molecule has 1 aliphatic carbocycles. The van der Waals surface area contributed by atoms with E-state index >= 15 is 0 Å². The molecule has 4 rings (SSSR count).